The Kier molecular flexibility index (Phi) is 4.33. The molecule has 8 heteroatoms. The molecule has 0 saturated carbocycles. The van der Waals surface area contributed by atoms with Crippen molar-refractivity contribution in [1.29, 1.82) is 0 Å². The molecule has 0 spiro atoms. The number of nitrogens with zero attached hydrogens (tertiary/aromatic N) is 6. The number of rotatable bonds is 3. The molecular weight excluding hydrogens is 368 g/mol. The van der Waals surface area contributed by atoms with E-state index in [1.165, 1.54) is 4.68 Å². The molecule has 1 aromatic carbocycles. The number of hydrogen-bond acceptors (Lipinski definition) is 7. The first kappa shape index (κ1) is 17.6. The second-order valence-corrected chi connectivity index (χ2v) is 6.99. The van der Waals surface area contributed by atoms with Crippen LogP contribution >= 0.6 is 0 Å². The fourth-order valence-electron chi connectivity index (χ4n) is 3.49. The standard InChI is InChI=1S/C21H20N6O2/c1-14-4-2-5-15(12-14)17-13-18(28)27(25-17)21-23-16-6-3-7-22-19(16)20(24-21)26-8-10-29-11-9-26/h2-7,12-13,28H,8-11H2,1H3. The van der Waals surface area contributed by atoms with Gasteiger partial charge in [0, 0.05) is 30.9 Å². The van der Waals surface area contributed by atoms with E-state index in [9.17, 15) is 5.11 Å². The Morgan fingerprint density at radius 1 is 1.03 bits per heavy atom. The van der Waals surface area contributed by atoms with E-state index in [4.69, 9.17) is 9.72 Å². The highest BCUT2D eigenvalue weighted by molar-refractivity contribution is 5.86. The van der Waals surface area contributed by atoms with E-state index in [0.717, 1.165) is 35.6 Å². The predicted molar refractivity (Wildman–Crippen MR) is 109 cm³/mol. The van der Waals surface area contributed by atoms with Crippen molar-refractivity contribution >= 4 is 16.9 Å². The van der Waals surface area contributed by atoms with Gasteiger partial charge in [-0.2, -0.15) is 14.8 Å². The van der Waals surface area contributed by atoms with Gasteiger partial charge >= 0.3 is 0 Å². The predicted octanol–water partition coefficient (Wildman–Crippen LogP) is 2.73. The Labute approximate surface area is 167 Å². The first-order chi connectivity index (χ1) is 14.2. The average Bonchev–Trinajstić information content (AvgIpc) is 3.15. The molecule has 4 heterocycles. The molecule has 3 aromatic heterocycles. The van der Waals surface area contributed by atoms with Crippen molar-refractivity contribution in [2.45, 2.75) is 6.92 Å². The molecule has 8 nitrogen and oxygen atoms in total. The maximum atomic E-state index is 10.6. The summed E-state index contributed by atoms with van der Waals surface area (Å²) < 4.78 is 6.84. The number of hydrogen-bond donors (Lipinski definition) is 1. The number of aryl methyl sites for hydroxylation is 1. The summed E-state index contributed by atoms with van der Waals surface area (Å²) in [7, 11) is 0. The minimum absolute atomic E-state index is 0.0160. The van der Waals surface area contributed by atoms with Crippen molar-refractivity contribution in [3.8, 4) is 23.1 Å². The van der Waals surface area contributed by atoms with Crippen LogP contribution in [0.25, 0.3) is 28.2 Å². The fraction of sp³-hybridized carbons (Fsp3) is 0.238. The molecule has 1 aliphatic rings. The molecule has 1 fully saturated rings. The molecule has 0 atom stereocenters. The molecule has 5 rings (SSSR count). The summed E-state index contributed by atoms with van der Waals surface area (Å²) in [6.45, 7) is 4.74. The molecule has 1 aliphatic heterocycles. The zero-order valence-corrected chi connectivity index (χ0v) is 16.0. The number of fused-ring (bicyclic) bond motifs is 1. The minimum atomic E-state index is -0.0160. The van der Waals surface area contributed by atoms with Crippen molar-refractivity contribution in [2.24, 2.45) is 0 Å². The van der Waals surface area contributed by atoms with Crippen molar-refractivity contribution in [1.82, 2.24) is 24.7 Å². The van der Waals surface area contributed by atoms with Crippen molar-refractivity contribution < 1.29 is 9.84 Å². The van der Waals surface area contributed by atoms with Crippen molar-refractivity contribution in [3.05, 3.63) is 54.2 Å². The Bertz CT molecular complexity index is 1180. The summed E-state index contributed by atoms with van der Waals surface area (Å²) in [6, 6.07) is 13.3. The third kappa shape index (κ3) is 3.27. The Balaban J connectivity index is 1.64. The second kappa shape index (κ2) is 7.14. The van der Waals surface area contributed by atoms with Gasteiger partial charge in [-0.25, -0.2) is 4.98 Å². The number of morpholine rings is 1. The highest BCUT2D eigenvalue weighted by Crippen LogP contribution is 2.28. The first-order valence-electron chi connectivity index (χ1n) is 9.51. The van der Waals surface area contributed by atoms with Gasteiger partial charge in [0.05, 0.1) is 24.4 Å². The largest absolute Gasteiger partial charge is 0.493 e. The zero-order chi connectivity index (χ0) is 19.8. The lowest BCUT2D eigenvalue weighted by molar-refractivity contribution is 0.122. The Hall–Kier alpha value is -3.52. The monoisotopic (exact) mass is 388 g/mol. The van der Waals surface area contributed by atoms with Crippen LogP contribution in [0.4, 0.5) is 5.82 Å². The van der Waals surface area contributed by atoms with Gasteiger partial charge < -0.3 is 14.7 Å². The maximum absolute atomic E-state index is 10.6. The minimum Gasteiger partial charge on any atom is -0.493 e. The lowest BCUT2D eigenvalue weighted by Crippen LogP contribution is -2.37. The molecule has 0 bridgehead atoms. The number of ether oxygens (including phenoxy) is 1. The lowest BCUT2D eigenvalue weighted by Gasteiger charge is -2.28. The quantitative estimate of drug-likeness (QED) is 0.577. The van der Waals surface area contributed by atoms with Crippen LogP contribution < -0.4 is 4.90 Å². The van der Waals surface area contributed by atoms with E-state index in [1.54, 1.807) is 12.3 Å². The topological polar surface area (TPSA) is 89.2 Å². The van der Waals surface area contributed by atoms with E-state index in [2.05, 4.69) is 20.0 Å². The van der Waals surface area contributed by atoms with Crippen LogP contribution in [0.15, 0.2) is 48.7 Å². The Morgan fingerprint density at radius 2 is 1.90 bits per heavy atom. The van der Waals surface area contributed by atoms with E-state index < -0.39 is 0 Å². The highest BCUT2D eigenvalue weighted by atomic mass is 16.5. The van der Waals surface area contributed by atoms with Gasteiger partial charge in [-0.05, 0) is 25.1 Å². The van der Waals surface area contributed by atoms with Gasteiger partial charge in [0.2, 0.25) is 5.88 Å². The molecule has 0 unspecified atom stereocenters. The van der Waals surface area contributed by atoms with Crippen LogP contribution in [0.5, 0.6) is 5.88 Å². The van der Waals surface area contributed by atoms with Gasteiger partial charge in [0.15, 0.2) is 5.82 Å². The van der Waals surface area contributed by atoms with Crippen LogP contribution in [-0.2, 0) is 4.74 Å². The van der Waals surface area contributed by atoms with Crippen LogP contribution in [0.2, 0.25) is 0 Å². The first-order valence-corrected chi connectivity index (χ1v) is 9.51. The van der Waals surface area contributed by atoms with Gasteiger partial charge in [-0.1, -0.05) is 23.8 Å². The SMILES string of the molecule is Cc1cccc(-c2cc(O)n(-c3nc(N4CCOCC4)c4ncccc4n3)n2)c1. The summed E-state index contributed by atoms with van der Waals surface area (Å²) >= 11 is 0. The van der Waals surface area contributed by atoms with Crippen molar-refractivity contribution in [2.75, 3.05) is 31.2 Å². The van der Waals surface area contributed by atoms with Crippen LogP contribution in [0.3, 0.4) is 0 Å². The van der Waals surface area contributed by atoms with E-state index in [-0.39, 0.29) is 5.88 Å². The second-order valence-electron chi connectivity index (χ2n) is 6.99. The molecule has 0 amide bonds. The summed E-state index contributed by atoms with van der Waals surface area (Å²) in [5, 5.41) is 15.1. The third-order valence-corrected chi connectivity index (χ3v) is 4.93. The summed E-state index contributed by atoms with van der Waals surface area (Å²) in [4.78, 5) is 15.9. The van der Waals surface area contributed by atoms with E-state index in [1.807, 2.05) is 43.3 Å². The van der Waals surface area contributed by atoms with E-state index in [0.29, 0.717) is 30.4 Å². The Morgan fingerprint density at radius 3 is 2.72 bits per heavy atom. The van der Waals surface area contributed by atoms with Gasteiger partial charge in [-0.3, -0.25) is 4.98 Å². The molecule has 146 valence electrons. The summed E-state index contributed by atoms with van der Waals surface area (Å²) in [5.74, 6) is 1.02. The molecule has 0 aliphatic carbocycles. The van der Waals surface area contributed by atoms with Crippen LogP contribution in [0.1, 0.15) is 5.56 Å². The molecular formula is C21H20N6O2. The molecule has 29 heavy (non-hydrogen) atoms. The van der Waals surface area contributed by atoms with Crippen molar-refractivity contribution in [3.63, 3.8) is 0 Å². The van der Waals surface area contributed by atoms with Gasteiger partial charge in [-0.15, -0.1) is 0 Å². The zero-order valence-electron chi connectivity index (χ0n) is 16.0. The number of anilines is 1. The highest BCUT2D eigenvalue weighted by Gasteiger charge is 2.20. The lowest BCUT2D eigenvalue weighted by atomic mass is 10.1. The molecule has 1 N–H and O–H groups in total. The van der Waals surface area contributed by atoms with Crippen LogP contribution in [0, 0.1) is 6.92 Å². The van der Waals surface area contributed by atoms with Crippen LogP contribution in [-0.4, -0.2) is 56.1 Å². The normalized spacial score (nSPS) is 14.4. The number of benzene rings is 1. The van der Waals surface area contributed by atoms with Gasteiger partial charge in [0.1, 0.15) is 5.52 Å². The number of aromatic hydroxyl groups is 1. The molecule has 0 radical (unpaired) electrons. The van der Waals surface area contributed by atoms with Gasteiger partial charge in [0.25, 0.3) is 5.95 Å². The maximum Gasteiger partial charge on any atom is 0.256 e. The molecule has 1 saturated heterocycles. The number of pyridine rings is 1. The average molecular weight is 388 g/mol. The smallest absolute Gasteiger partial charge is 0.256 e. The number of aromatic nitrogens is 5. The van der Waals surface area contributed by atoms with E-state index >= 15 is 0 Å². The summed E-state index contributed by atoms with van der Waals surface area (Å²) in [5.41, 5.74) is 4.14. The fourth-order valence-corrected chi connectivity index (χ4v) is 3.49. The third-order valence-electron chi connectivity index (χ3n) is 4.93. The molecule has 4 aromatic rings. The summed E-state index contributed by atoms with van der Waals surface area (Å²) in [6.07, 6.45) is 1.73.